The predicted octanol–water partition coefficient (Wildman–Crippen LogP) is 3.58. The van der Waals surface area contributed by atoms with Crippen molar-refractivity contribution in [2.45, 2.75) is 39.5 Å². The summed E-state index contributed by atoms with van der Waals surface area (Å²) in [5.41, 5.74) is 14.1. The van der Waals surface area contributed by atoms with Gasteiger partial charge in [0.2, 0.25) is 0 Å². The highest BCUT2D eigenvalue weighted by molar-refractivity contribution is 5.36. The Bertz CT molecular complexity index is 633. The summed E-state index contributed by atoms with van der Waals surface area (Å²) in [6.07, 6.45) is 0.876. The lowest BCUT2D eigenvalue weighted by Crippen LogP contribution is -2.13. The third kappa shape index (κ3) is 2.62. The molecule has 3 rings (SSSR count). The topological polar surface area (TPSA) is 35.2 Å². The van der Waals surface area contributed by atoms with Gasteiger partial charge in [0.15, 0.2) is 0 Å². The smallest absolute Gasteiger partial charge is 0.0725 e. The highest BCUT2D eigenvalue weighted by Gasteiger charge is 2.14. The first kappa shape index (κ1) is 13.3. The van der Waals surface area contributed by atoms with Crippen LogP contribution in [-0.4, -0.2) is 0 Å². The normalized spacial score (nSPS) is 15.2. The molecule has 104 valence electrons. The lowest BCUT2D eigenvalue weighted by Gasteiger charge is -2.14. The Kier molecular flexibility index (Phi) is 3.60. The predicted molar refractivity (Wildman–Crippen MR) is 81.5 cm³/mol. The number of aryl methyl sites for hydroxylation is 2. The van der Waals surface area contributed by atoms with E-state index in [1.807, 2.05) is 0 Å². The molecule has 0 saturated heterocycles. The maximum Gasteiger partial charge on any atom is 0.0725 e. The minimum atomic E-state index is 0.0445. The molecule has 0 spiro atoms. The molecule has 1 aliphatic rings. The molecule has 1 unspecified atom stereocenters. The van der Waals surface area contributed by atoms with E-state index in [1.165, 1.54) is 33.4 Å². The fourth-order valence-corrected chi connectivity index (χ4v) is 2.72. The molecule has 2 heteroatoms. The fraction of sp³-hybridized carbons (Fsp3) is 0.333. The minimum Gasteiger partial charge on any atom is -0.372 e. The van der Waals surface area contributed by atoms with Crippen molar-refractivity contribution in [3.05, 3.63) is 69.8 Å². The molecular formula is C18H21NO. The van der Waals surface area contributed by atoms with E-state index in [2.05, 4.69) is 50.2 Å². The van der Waals surface area contributed by atoms with Gasteiger partial charge in [0.25, 0.3) is 0 Å². The number of hydrogen-bond acceptors (Lipinski definition) is 2. The largest absolute Gasteiger partial charge is 0.372 e. The van der Waals surface area contributed by atoms with E-state index in [-0.39, 0.29) is 6.04 Å². The highest BCUT2D eigenvalue weighted by Crippen LogP contribution is 2.25. The fourth-order valence-electron chi connectivity index (χ4n) is 2.72. The van der Waals surface area contributed by atoms with Gasteiger partial charge in [-0.05, 0) is 53.6 Å². The van der Waals surface area contributed by atoms with Gasteiger partial charge < -0.3 is 10.5 Å². The Labute approximate surface area is 120 Å². The van der Waals surface area contributed by atoms with Crippen molar-refractivity contribution in [2.75, 3.05) is 0 Å². The molecular weight excluding hydrogens is 246 g/mol. The first-order chi connectivity index (χ1) is 9.63. The summed E-state index contributed by atoms with van der Waals surface area (Å²) in [5.74, 6) is 0. The molecule has 2 aromatic carbocycles. The van der Waals surface area contributed by atoms with Crippen molar-refractivity contribution >= 4 is 0 Å². The van der Waals surface area contributed by atoms with E-state index in [4.69, 9.17) is 10.5 Å². The highest BCUT2D eigenvalue weighted by atomic mass is 16.5. The Morgan fingerprint density at radius 1 is 1.00 bits per heavy atom. The molecule has 0 fully saturated rings. The second-order valence-corrected chi connectivity index (χ2v) is 5.75. The van der Waals surface area contributed by atoms with Gasteiger partial charge in [0.1, 0.15) is 0 Å². The van der Waals surface area contributed by atoms with E-state index in [9.17, 15) is 0 Å². The summed E-state index contributed by atoms with van der Waals surface area (Å²) in [6.45, 7) is 5.75. The standard InChI is InChI=1S/C18H21NO/c1-12-3-4-14(7-13(12)2)8-18(19)15-5-6-16-10-20-11-17(16)9-15/h3-7,9,18H,8,10-11,19H2,1-2H3. The molecule has 0 aliphatic carbocycles. The van der Waals surface area contributed by atoms with Crippen molar-refractivity contribution in [1.82, 2.24) is 0 Å². The Balaban J connectivity index is 1.78. The molecule has 2 nitrogen and oxygen atoms in total. The van der Waals surface area contributed by atoms with Crippen molar-refractivity contribution in [1.29, 1.82) is 0 Å². The van der Waals surface area contributed by atoms with Crippen LogP contribution in [0.15, 0.2) is 36.4 Å². The van der Waals surface area contributed by atoms with Gasteiger partial charge in [-0.1, -0.05) is 36.4 Å². The van der Waals surface area contributed by atoms with E-state index in [1.54, 1.807) is 0 Å². The zero-order chi connectivity index (χ0) is 14.1. The molecule has 2 aromatic rings. The SMILES string of the molecule is Cc1ccc(CC(N)c2ccc3c(c2)COC3)cc1C. The van der Waals surface area contributed by atoms with Crippen LogP contribution in [0.1, 0.15) is 39.4 Å². The van der Waals surface area contributed by atoms with Crippen molar-refractivity contribution in [3.63, 3.8) is 0 Å². The van der Waals surface area contributed by atoms with Crippen LogP contribution in [0.2, 0.25) is 0 Å². The van der Waals surface area contributed by atoms with E-state index in [0.29, 0.717) is 0 Å². The number of nitrogens with two attached hydrogens (primary N) is 1. The lowest BCUT2D eigenvalue weighted by molar-refractivity contribution is 0.134. The molecule has 1 aliphatic heterocycles. The van der Waals surface area contributed by atoms with E-state index in [0.717, 1.165) is 19.6 Å². The molecule has 20 heavy (non-hydrogen) atoms. The Morgan fingerprint density at radius 2 is 1.80 bits per heavy atom. The van der Waals surface area contributed by atoms with Gasteiger partial charge in [-0.2, -0.15) is 0 Å². The average molecular weight is 267 g/mol. The van der Waals surface area contributed by atoms with Gasteiger partial charge in [-0.15, -0.1) is 0 Å². The van der Waals surface area contributed by atoms with Gasteiger partial charge in [0.05, 0.1) is 13.2 Å². The lowest BCUT2D eigenvalue weighted by atomic mass is 9.95. The summed E-state index contributed by atoms with van der Waals surface area (Å²) >= 11 is 0. The molecule has 0 radical (unpaired) electrons. The molecule has 0 aromatic heterocycles. The van der Waals surface area contributed by atoms with Crippen molar-refractivity contribution in [2.24, 2.45) is 5.73 Å². The van der Waals surface area contributed by atoms with Crippen molar-refractivity contribution < 1.29 is 4.74 Å². The maximum absolute atomic E-state index is 6.37. The average Bonchev–Trinajstić information content (AvgIpc) is 2.90. The van der Waals surface area contributed by atoms with Gasteiger partial charge in [-0.25, -0.2) is 0 Å². The van der Waals surface area contributed by atoms with Gasteiger partial charge in [-0.3, -0.25) is 0 Å². The maximum atomic E-state index is 6.37. The van der Waals surface area contributed by atoms with Crippen LogP contribution in [0.5, 0.6) is 0 Å². The monoisotopic (exact) mass is 267 g/mol. The van der Waals surface area contributed by atoms with Crippen LogP contribution in [0.4, 0.5) is 0 Å². The summed E-state index contributed by atoms with van der Waals surface area (Å²) in [6, 6.07) is 13.1. The van der Waals surface area contributed by atoms with Crippen LogP contribution in [0.3, 0.4) is 0 Å². The van der Waals surface area contributed by atoms with E-state index < -0.39 is 0 Å². The third-order valence-electron chi connectivity index (χ3n) is 4.20. The first-order valence-electron chi connectivity index (χ1n) is 7.14. The third-order valence-corrected chi connectivity index (χ3v) is 4.20. The molecule has 0 bridgehead atoms. The van der Waals surface area contributed by atoms with Crippen molar-refractivity contribution in [3.8, 4) is 0 Å². The molecule has 2 N–H and O–H groups in total. The summed E-state index contributed by atoms with van der Waals surface area (Å²) in [7, 11) is 0. The molecule has 0 amide bonds. The number of fused-ring (bicyclic) bond motifs is 1. The summed E-state index contributed by atoms with van der Waals surface area (Å²) in [4.78, 5) is 0. The van der Waals surface area contributed by atoms with Gasteiger partial charge in [0, 0.05) is 6.04 Å². The van der Waals surface area contributed by atoms with Crippen LogP contribution in [-0.2, 0) is 24.4 Å². The van der Waals surface area contributed by atoms with Crippen LogP contribution >= 0.6 is 0 Å². The van der Waals surface area contributed by atoms with E-state index >= 15 is 0 Å². The Morgan fingerprint density at radius 3 is 2.60 bits per heavy atom. The molecule has 0 saturated carbocycles. The number of ether oxygens (including phenoxy) is 1. The molecule has 1 atom stereocenters. The van der Waals surface area contributed by atoms with Crippen LogP contribution in [0, 0.1) is 13.8 Å². The van der Waals surface area contributed by atoms with Crippen LogP contribution < -0.4 is 5.73 Å². The summed E-state index contributed by atoms with van der Waals surface area (Å²) < 4.78 is 5.46. The van der Waals surface area contributed by atoms with Crippen LogP contribution in [0.25, 0.3) is 0 Å². The Hall–Kier alpha value is -1.64. The van der Waals surface area contributed by atoms with Gasteiger partial charge >= 0.3 is 0 Å². The second-order valence-electron chi connectivity index (χ2n) is 5.75. The first-order valence-corrected chi connectivity index (χ1v) is 7.14. The zero-order valence-corrected chi connectivity index (χ0v) is 12.1. The number of benzene rings is 2. The molecule has 1 heterocycles. The number of rotatable bonds is 3. The zero-order valence-electron chi connectivity index (χ0n) is 12.1. The minimum absolute atomic E-state index is 0.0445. The summed E-state index contributed by atoms with van der Waals surface area (Å²) in [5, 5.41) is 0. The number of hydrogen-bond donors (Lipinski definition) is 1. The quantitative estimate of drug-likeness (QED) is 0.922. The second kappa shape index (κ2) is 5.39.